The first kappa shape index (κ1) is 13.0. The molecule has 0 radical (unpaired) electrons. The zero-order chi connectivity index (χ0) is 7.98. The molecule has 0 aromatic rings. The standard InChI is InChI=1S/C5H7FO4.Ni/c1-2-9-5(8)10-4(7)3-6;/h2-3H2,1H3;. The molecule has 0 aliphatic rings. The van der Waals surface area contributed by atoms with Gasteiger partial charge in [-0.1, -0.05) is 0 Å². The maximum Gasteiger partial charge on any atom is 0.516 e. The van der Waals surface area contributed by atoms with Crippen molar-refractivity contribution in [2.75, 3.05) is 13.3 Å². The summed E-state index contributed by atoms with van der Waals surface area (Å²) < 4.78 is 19.2. The number of rotatable bonds is 2. The van der Waals surface area contributed by atoms with Gasteiger partial charge in [-0.3, -0.25) is 0 Å². The van der Waals surface area contributed by atoms with Crippen molar-refractivity contribution in [1.82, 2.24) is 0 Å². The van der Waals surface area contributed by atoms with Crippen LogP contribution in [0.15, 0.2) is 0 Å². The Morgan fingerprint density at radius 3 is 2.36 bits per heavy atom. The number of hydrogen-bond acceptors (Lipinski definition) is 4. The molecule has 0 spiro atoms. The topological polar surface area (TPSA) is 52.6 Å². The van der Waals surface area contributed by atoms with E-state index in [4.69, 9.17) is 0 Å². The molecule has 68 valence electrons. The van der Waals surface area contributed by atoms with E-state index in [1.165, 1.54) is 0 Å². The SMILES string of the molecule is CCOC(=O)OC(=O)CF.[Ni]. The number of carbonyl (C=O) groups excluding carboxylic acids is 2. The summed E-state index contributed by atoms with van der Waals surface area (Å²) >= 11 is 0. The summed E-state index contributed by atoms with van der Waals surface area (Å²) in [4.78, 5) is 20.2. The fraction of sp³-hybridized carbons (Fsp3) is 0.600. The molecular weight excluding hydrogens is 202 g/mol. The number of halogens is 1. The molecule has 0 aromatic heterocycles. The van der Waals surface area contributed by atoms with Crippen molar-refractivity contribution in [3.8, 4) is 0 Å². The molecule has 6 heteroatoms. The summed E-state index contributed by atoms with van der Waals surface area (Å²) in [5, 5.41) is 0. The van der Waals surface area contributed by atoms with Crippen LogP contribution >= 0.6 is 0 Å². The number of esters is 1. The van der Waals surface area contributed by atoms with E-state index >= 15 is 0 Å². The van der Waals surface area contributed by atoms with Crippen LogP contribution in [0.4, 0.5) is 9.18 Å². The smallest absolute Gasteiger partial charge is 0.434 e. The molecule has 0 atom stereocenters. The molecule has 0 saturated carbocycles. The van der Waals surface area contributed by atoms with Crippen LogP contribution in [0.5, 0.6) is 0 Å². The second-order valence-corrected chi connectivity index (χ2v) is 1.29. The zero-order valence-electron chi connectivity index (χ0n) is 5.74. The Morgan fingerprint density at radius 1 is 1.45 bits per heavy atom. The van der Waals surface area contributed by atoms with Gasteiger partial charge in [0, 0.05) is 16.5 Å². The predicted molar refractivity (Wildman–Crippen MR) is 29.1 cm³/mol. The molecule has 0 rings (SSSR count). The molecule has 11 heavy (non-hydrogen) atoms. The Morgan fingerprint density at radius 2 is 2.00 bits per heavy atom. The minimum absolute atomic E-state index is 0. The van der Waals surface area contributed by atoms with E-state index in [0.29, 0.717) is 0 Å². The molecule has 0 aromatic carbocycles. The van der Waals surface area contributed by atoms with E-state index in [0.717, 1.165) is 0 Å². The number of alkyl halides is 1. The van der Waals surface area contributed by atoms with Gasteiger partial charge in [-0.05, 0) is 6.92 Å². The van der Waals surface area contributed by atoms with Crippen molar-refractivity contribution < 1.29 is 39.9 Å². The third kappa shape index (κ3) is 7.26. The molecule has 0 saturated heterocycles. The number of hydrogen-bond donors (Lipinski definition) is 0. The summed E-state index contributed by atoms with van der Waals surface area (Å²) in [7, 11) is 0. The minimum atomic E-state index is -1.32. The molecule has 0 aliphatic heterocycles. The average Bonchev–Trinajstić information content (AvgIpc) is 1.88. The molecule has 0 amide bonds. The molecule has 0 N–H and O–H groups in total. The first-order chi connectivity index (χ1) is 4.70. The second kappa shape index (κ2) is 7.47. The summed E-state index contributed by atoms with van der Waals surface area (Å²) in [6.45, 7) is 0.318. The van der Waals surface area contributed by atoms with Crippen LogP contribution in [0, 0.1) is 0 Å². The van der Waals surface area contributed by atoms with E-state index < -0.39 is 18.8 Å². The van der Waals surface area contributed by atoms with Gasteiger partial charge in [0.05, 0.1) is 6.61 Å². The van der Waals surface area contributed by atoms with Crippen LogP contribution in [-0.2, 0) is 30.8 Å². The van der Waals surface area contributed by atoms with E-state index in [1.54, 1.807) is 6.92 Å². The Balaban J connectivity index is 0. The van der Waals surface area contributed by atoms with Crippen LogP contribution < -0.4 is 0 Å². The molecule has 0 heterocycles. The van der Waals surface area contributed by atoms with Gasteiger partial charge < -0.3 is 9.47 Å². The Kier molecular flexibility index (Phi) is 8.82. The van der Waals surface area contributed by atoms with Gasteiger partial charge in [0.2, 0.25) is 0 Å². The zero-order valence-corrected chi connectivity index (χ0v) is 6.73. The summed E-state index contributed by atoms with van der Waals surface area (Å²) in [5.41, 5.74) is 0. The van der Waals surface area contributed by atoms with Gasteiger partial charge in [0.1, 0.15) is 0 Å². The van der Waals surface area contributed by atoms with Crippen molar-refractivity contribution in [3.05, 3.63) is 0 Å². The summed E-state index contributed by atoms with van der Waals surface area (Å²) in [5.74, 6) is -1.24. The maximum absolute atomic E-state index is 11.3. The van der Waals surface area contributed by atoms with Gasteiger partial charge in [-0.25, -0.2) is 14.0 Å². The fourth-order valence-corrected chi connectivity index (χ4v) is 0.268. The van der Waals surface area contributed by atoms with Gasteiger partial charge in [-0.15, -0.1) is 0 Å². The molecule has 0 unspecified atom stereocenters. The largest absolute Gasteiger partial charge is 0.516 e. The second-order valence-electron chi connectivity index (χ2n) is 1.29. The summed E-state index contributed by atoms with van der Waals surface area (Å²) in [6, 6.07) is 0. The van der Waals surface area contributed by atoms with Crippen LogP contribution in [0.3, 0.4) is 0 Å². The first-order valence-corrected chi connectivity index (χ1v) is 2.64. The predicted octanol–water partition coefficient (Wildman–Crippen LogP) is 0.653. The molecule has 4 nitrogen and oxygen atoms in total. The van der Waals surface area contributed by atoms with Crippen molar-refractivity contribution >= 4 is 12.1 Å². The van der Waals surface area contributed by atoms with Gasteiger partial charge in [0.25, 0.3) is 0 Å². The third-order valence-corrected chi connectivity index (χ3v) is 0.568. The van der Waals surface area contributed by atoms with Crippen LogP contribution in [-0.4, -0.2) is 25.4 Å². The fourth-order valence-electron chi connectivity index (χ4n) is 0.268. The normalized spacial score (nSPS) is 7.82. The molecule has 0 bridgehead atoms. The van der Waals surface area contributed by atoms with Gasteiger partial charge in [-0.2, -0.15) is 0 Å². The van der Waals surface area contributed by atoms with Crippen LogP contribution in [0.2, 0.25) is 0 Å². The maximum atomic E-state index is 11.3. The Bertz CT molecular complexity index is 138. The molecular formula is C5H7FNiO4. The van der Waals surface area contributed by atoms with Crippen molar-refractivity contribution in [3.63, 3.8) is 0 Å². The monoisotopic (exact) mass is 208 g/mol. The summed E-state index contributed by atoms with van der Waals surface area (Å²) in [6.07, 6.45) is -1.16. The number of carbonyl (C=O) groups is 2. The van der Waals surface area contributed by atoms with E-state index in [1.807, 2.05) is 0 Å². The van der Waals surface area contributed by atoms with Gasteiger partial charge in [0.15, 0.2) is 6.67 Å². The van der Waals surface area contributed by atoms with Crippen molar-refractivity contribution in [1.29, 1.82) is 0 Å². The van der Waals surface area contributed by atoms with E-state index in [-0.39, 0.29) is 23.1 Å². The quantitative estimate of drug-likeness (QED) is 0.380. The van der Waals surface area contributed by atoms with E-state index in [9.17, 15) is 14.0 Å². The van der Waals surface area contributed by atoms with Crippen molar-refractivity contribution in [2.24, 2.45) is 0 Å². The third-order valence-electron chi connectivity index (χ3n) is 0.568. The molecule has 0 aliphatic carbocycles. The van der Waals surface area contributed by atoms with Gasteiger partial charge >= 0.3 is 12.1 Å². The Hall–Kier alpha value is -0.636. The molecule has 0 fully saturated rings. The Labute approximate surface area is 73.0 Å². The minimum Gasteiger partial charge on any atom is -0.434 e. The van der Waals surface area contributed by atoms with E-state index in [2.05, 4.69) is 9.47 Å². The van der Waals surface area contributed by atoms with Crippen LogP contribution in [0.25, 0.3) is 0 Å². The van der Waals surface area contributed by atoms with Crippen molar-refractivity contribution in [2.45, 2.75) is 6.92 Å². The van der Waals surface area contributed by atoms with Crippen LogP contribution in [0.1, 0.15) is 6.92 Å². The number of ether oxygens (including phenoxy) is 2. The first-order valence-electron chi connectivity index (χ1n) is 2.64. The average molecular weight is 209 g/mol.